The first kappa shape index (κ1) is 13.8. The van der Waals surface area contributed by atoms with Gasteiger partial charge < -0.3 is 10.2 Å². The Balaban J connectivity index is 1.84. The molecule has 0 amide bonds. The fourth-order valence-corrected chi connectivity index (χ4v) is 3.40. The van der Waals surface area contributed by atoms with Crippen LogP contribution < -0.4 is 10.2 Å². The molecule has 0 saturated carbocycles. The van der Waals surface area contributed by atoms with E-state index in [1.54, 1.807) is 0 Å². The van der Waals surface area contributed by atoms with Gasteiger partial charge in [-0.1, -0.05) is 0 Å². The van der Waals surface area contributed by atoms with Crippen molar-refractivity contribution in [2.45, 2.75) is 32.1 Å². The van der Waals surface area contributed by atoms with Gasteiger partial charge in [-0.25, -0.2) is 8.78 Å². The van der Waals surface area contributed by atoms with E-state index in [1.165, 1.54) is 25.0 Å². The zero-order valence-corrected chi connectivity index (χ0v) is 11.8. The van der Waals surface area contributed by atoms with E-state index in [4.69, 9.17) is 0 Å². The molecule has 1 aromatic carbocycles. The molecule has 1 aromatic rings. The molecule has 3 rings (SSSR count). The van der Waals surface area contributed by atoms with Crippen molar-refractivity contribution in [2.75, 3.05) is 31.1 Å². The van der Waals surface area contributed by atoms with E-state index in [0.29, 0.717) is 5.92 Å². The second-order valence-corrected chi connectivity index (χ2v) is 6.01. The van der Waals surface area contributed by atoms with Gasteiger partial charge in [0.15, 0.2) is 11.6 Å². The van der Waals surface area contributed by atoms with Crippen LogP contribution in [0.4, 0.5) is 14.5 Å². The second kappa shape index (κ2) is 6.08. The number of piperidine rings is 1. The van der Waals surface area contributed by atoms with Gasteiger partial charge in [0, 0.05) is 24.8 Å². The van der Waals surface area contributed by atoms with Gasteiger partial charge in [0.1, 0.15) is 0 Å². The smallest absolute Gasteiger partial charge is 0.160 e. The number of rotatable bonds is 3. The Labute approximate surface area is 119 Å². The lowest BCUT2D eigenvalue weighted by atomic mass is 9.91. The monoisotopic (exact) mass is 280 g/mol. The maximum atomic E-state index is 13.6. The van der Waals surface area contributed by atoms with Gasteiger partial charge in [-0.3, -0.25) is 0 Å². The number of nitrogens with one attached hydrogen (secondary N) is 1. The molecule has 2 saturated heterocycles. The summed E-state index contributed by atoms with van der Waals surface area (Å²) in [7, 11) is 0. The van der Waals surface area contributed by atoms with Crippen LogP contribution in [0.2, 0.25) is 0 Å². The summed E-state index contributed by atoms with van der Waals surface area (Å²) in [5, 5.41) is 3.39. The quantitative estimate of drug-likeness (QED) is 0.915. The van der Waals surface area contributed by atoms with Gasteiger partial charge in [0.2, 0.25) is 0 Å². The number of anilines is 1. The molecule has 0 bridgehead atoms. The first-order valence-electron chi connectivity index (χ1n) is 7.67. The van der Waals surface area contributed by atoms with Crippen LogP contribution >= 0.6 is 0 Å². The average molecular weight is 280 g/mol. The fraction of sp³-hybridized carbons (Fsp3) is 0.625. The van der Waals surface area contributed by atoms with E-state index in [-0.39, 0.29) is 0 Å². The summed E-state index contributed by atoms with van der Waals surface area (Å²) in [5.41, 5.74) is 1.88. The van der Waals surface area contributed by atoms with Crippen LogP contribution in [0.25, 0.3) is 0 Å². The molecular formula is C16H22F2N2. The van der Waals surface area contributed by atoms with Crippen LogP contribution in [0.15, 0.2) is 12.1 Å². The minimum absolute atomic E-state index is 0.537. The summed E-state index contributed by atoms with van der Waals surface area (Å²) in [6.07, 6.45) is 5.47. The lowest BCUT2D eigenvalue weighted by Gasteiger charge is -2.26. The third-order valence-corrected chi connectivity index (χ3v) is 4.48. The van der Waals surface area contributed by atoms with Crippen LogP contribution in [0.1, 0.15) is 31.2 Å². The molecule has 1 N–H and O–H groups in total. The third kappa shape index (κ3) is 2.95. The molecule has 4 heteroatoms. The van der Waals surface area contributed by atoms with E-state index in [1.807, 2.05) is 0 Å². The molecule has 0 aliphatic carbocycles. The Morgan fingerprint density at radius 3 is 2.55 bits per heavy atom. The van der Waals surface area contributed by atoms with E-state index < -0.39 is 11.6 Å². The molecule has 2 nitrogen and oxygen atoms in total. The van der Waals surface area contributed by atoms with Crippen molar-refractivity contribution in [3.8, 4) is 0 Å². The first-order chi connectivity index (χ1) is 9.74. The Morgan fingerprint density at radius 1 is 1.10 bits per heavy atom. The van der Waals surface area contributed by atoms with E-state index in [0.717, 1.165) is 56.7 Å². The molecule has 0 radical (unpaired) electrons. The first-order valence-corrected chi connectivity index (χ1v) is 7.67. The summed E-state index contributed by atoms with van der Waals surface area (Å²) >= 11 is 0. The minimum Gasteiger partial charge on any atom is -0.371 e. The summed E-state index contributed by atoms with van der Waals surface area (Å²) in [4.78, 5) is 2.20. The Morgan fingerprint density at radius 2 is 1.85 bits per heavy atom. The summed E-state index contributed by atoms with van der Waals surface area (Å²) < 4.78 is 27.2. The van der Waals surface area contributed by atoms with Crippen LogP contribution in [0.3, 0.4) is 0 Å². The van der Waals surface area contributed by atoms with Gasteiger partial charge in [-0.15, -0.1) is 0 Å². The normalized spacial score (nSPS) is 23.3. The predicted molar refractivity (Wildman–Crippen MR) is 77.1 cm³/mol. The van der Waals surface area contributed by atoms with Gasteiger partial charge in [0.25, 0.3) is 0 Å². The van der Waals surface area contributed by atoms with Crippen LogP contribution in [0, 0.1) is 17.6 Å². The van der Waals surface area contributed by atoms with E-state index in [2.05, 4.69) is 10.2 Å². The number of nitrogens with zero attached hydrogens (tertiary/aromatic N) is 1. The highest BCUT2D eigenvalue weighted by Crippen LogP contribution is 2.30. The zero-order chi connectivity index (χ0) is 13.9. The van der Waals surface area contributed by atoms with Crippen molar-refractivity contribution >= 4 is 5.69 Å². The van der Waals surface area contributed by atoms with Crippen LogP contribution in [-0.2, 0) is 6.42 Å². The van der Waals surface area contributed by atoms with Gasteiger partial charge in [0.05, 0.1) is 0 Å². The summed E-state index contributed by atoms with van der Waals surface area (Å²) in [5.74, 6) is -0.904. The number of benzene rings is 1. The lowest BCUT2D eigenvalue weighted by molar-refractivity contribution is 0.375. The average Bonchev–Trinajstić information content (AvgIpc) is 2.98. The standard InChI is InChI=1S/C16H22F2N2/c17-14-9-13(8-12-4-3-5-19-11-12)16(10-15(14)18)20-6-1-2-7-20/h9-10,12,19H,1-8,11H2. The lowest BCUT2D eigenvalue weighted by Crippen LogP contribution is -2.31. The highest BCUT2D eigenvalue weighted by Gasteiger charge is 2.21. The molecular weight excluding hydrogens is 258 g/mol. The molecule has 20 heavy (non-hydrogen) atoms. The zero-order valence-electron chi connectivity index (χ0n) is 11.8. The highest BCUT2D eigenvalue weighted by molar-refractivity contribution is 5.55. The fourth-order valence-electron chi connectivity index (χ4n) is 3.40. The molecule has 0 spiro atoms. The van der Waals surface area contributed by atoms with Gasteiger partial charge >= 0.3 is 0 Å². The maximum absolute atomic E-state index is 13.6. The Hall–Kier alpha value is -1.16. The SMILES string of the molecule is Fc1cc(CC2CCCNC2)c(N2CCCC2)cc1F. The van der Waals surface area contributed by atoms with E-state index in [9.17, 15) is 8.78 Å². The molecule has 2 fully saturated rings. The number of hydrogen-bond donors (Lipinski definition) is 1. The Bertz CT molecular complexity index is 464. The van der Waals surface area contributed by atoms with Crippen molar-refractivity contribution in [1.82, 2.24) is 5.32 Å². The van der Waals surface area contributed by atoms with Crippen molar-refractivity contribution in [1.29, 1.82) is 0 Å². The summed E-state index contributed by atoms with van der Waals surface area (Å²) in [6, 6.07) is 2.81. The van der Waals surface area contributed by atoms with Crippen LogP contribution in [0.5, 0.6) is 0 Å². The second-order valence-electron chi connectivity index (χ2n) is 6.01. The van der Waals surface area contributed by atoms with Crippen molar-refractivity contribution in [2.24, 2.45) is 5.92 Å². The van der Waals surface area contributed by atoms with Gasteiger partial charge in [-0.2, -0.15) is 0 Å². The third-order valence-electron chi connectivity index (χ3n) is 4.48. The van der Waals surface area contributed by atoms with E-state index >= 15 is 0 Å². The van der Waals surface area contributed by atoms with Crippen molar-refractivity contribution in [3.63, 3.8) is 0 Å². The summed E-state index contributed by atoms with van der Waals surface area (Å²) in [6.45, 7) is 3.98. The molecule has 2 aliphatic heterocycles. The molecule has 2 heterocycles. The number of halogens is 2. The highest BCUT2D eigenvalue weighted by atomic mass is 19.2. The van der Waals surface area contributed by atoms with Crippen molar-refractivity contribution in [3.05, 3.63) is 29.3 Å². The largest absolute Gasteiger partial charge is 0.371 e. The van der Waals surface area contributed by atoms with Crippen LogP contribution in [-0.4, -0.2) is 26.2 Å². The molecule has 2 aliphatic rings. The Kier molecular flexibility index (Phi) is 4.20. The molecule has 1 atom stereocenters. The number of hydrogen-bond acceptors (Lipinski definition) is 2. The molecule has 1 unspecified atom stereocenters. The maximum Gasteiger partial charge on any atom is 0.160 e. The minimum atomic E-state index is -0.725. The predicted octanol–water partition coefficient (Wildman–Crippen LogP) is 3.11. The molecule has 0 aromatic heterocycles. The topological polar surface area (TPSA) is 15.3 Å². The molecule has 110 valence electrons. The van der Waals surface area contributed by atoms with Crippen molar-refractivity contribution < 1.29 is 8.78 Å². The van der Waals surface area contributed by atoms with Gasteiger partial charge in [-0.05, 0) is 62.7 Å².